The molecule has 146 valence electrons. The average Bonchev–Trinajstić information content (AvgIpc) is 3.41. The SMILES string of the molecule is Cc1oc(-c2ccc(C(=O)NCc3cccs3)cc2)nc1CSc1ccccc1. The number of aryl methyl sites for hydroxylation is 1. The van der Waals surface area contributed by atoms with Crippen LogP contribution in [0.4, 0.5) is 0 Å². The van der Waals surface area contributed by atoms with Gasteiger partial charge in [0.25, 0.3) is 5.91 Å². The Balaban J connectivity index is 1.40. The number of carbonyl (C=O) groups excluding carboxylic acids is 1. The van der Waals surface area contributed by atoms with E-state index in [1.165, 1.54) is 4.90 Å². The molecule has 0 fully saturated rings. The smallest absolute Gasteiger partial charge is 0.251 e. The second kappa shape index (κ2) is 9.11. The molecule has 2 heterocycles. The fraction of sp³-hybridized carbons (Fsp3) is 0.130. The zero-order valence-corrected chi connectivity index (χ0v) is 17.6. The van der Waals surface area contributed by atoms with Gasteiger partial charge in [-0.05, 0) is 54.8 Å². The van der Waals surface area contributed by atoms with E-state index in [1.807, 2.05) is 54.8 Å². The molecule has 29 heavy (non-hydrogen) atoms. The Kier molecular flexibility index (Phi) is 6.12. The first-order chi connectivity index (χ1) is 14.2. The van der Waals surface area contributed by atoms with Gasteiger partial charge in [0.05, 0.1) is 12.2 Å². The molecule has 0 saturated heterocycles. The number of rotatable bonds is 7. The third kappa shape index (κ3) is 4.96. The number of hydrogen-bond donors (Lipinski definition) is 1. The van der Waals surface area contributed by atoms with Crippen LogP contribution in [-0.2, 0) is 12.3 Å². The van der Waals surface area contributed by atoms with Crippen LogP contribution < -0.4 is 5.32 Å². The molecule has 0 aliphatic rings. The van der Waals surface area contributed by atoms with E-state index >= 15 is 0 Å². The zero-order chi connectivity index (χ0) is 20.1. The van der Waals surface area contributed by atoms with E-state index in [2.05, 4.69) is 22.4 Å². The van der Waals surface area contributed by atoms with Crippen LogP contribution in [0.25, 0.3) is 11.5 Å². The highest BCUT2D eigenvalue weighted by molar-refractivity contribution is 7.98. The highest BCUT2D eigenvalue weighted by Crippen LogP contribution is 2.27. The third-order valence-electron chi connectivity index (χ3n) is 4.41. The predicted molar refractivity (Wildman–Crippen MR) is 118 cm³/mol. The Bertz CT molecular complexity index is 1070. The van der Waals surface area contributed by atoms with E-state index < -0.39 is 0 Å². The monoisotopic (exact) mass is 420 g/mol. The minimum atomic E-state index is -0.0894. The maximum Gasteiger partial charge on any atom is 0.251 e. The minimum Gasteiger partial charge on any atom is -0.441 e. The molecular formula is C23H20N2O2S2. The molecule has 0 aliphatic heterocycles. The maximum absolute atomic E-state index is 12.3. The lowest BCUT2D eigenvalue weighted by molar-refractivity contribution is 0.0951. The van der Waals surface area contributed by atoms with E-state index in [9.17, 15) is 4.79 Å². The number of nitrogens with zero attached hydrogens (tertiary/aromatic N) is 1. The molecule has 2 aromatic heterocycles. The number of aromatic nitrogens is 1. The largest absolute Gasteiger partial charge is 0.441 e. The molecule has 2 aromatic carbocycles. The van der Waals surface area contributed by atoms with Crippen molar-refractivity contribution < 1.29 is 9.21 Å². The molecule has 4 aromatic rings. The summed E-state index contributed by atoms with van der Waals surface area (Å²) in [5.41, 5.74) is 2.42. The van der Waals surface area contributed by atoms with Crippen LogP contribution in [0.5, 0.6) is 0 Å². The molecule has 0 radical (unpaired) electrons. The van der Waals surface area contributed by atoms with Crippen molar-refractivity contribution in [3.05, 3.63) is 94.0 Å². The molecule has 0 bridgehead atoms. The summed E-state index contributed by atoms with van der Waals surface area (Å²) in [6, 6.07) is 21.6. The molecule has 1 N–H and O–H groups in total. The lowest BCUT2D eigenvalue weighted by atomic mass is 10.1. The van der Waals surface area contributed by atoms with Crippen molar-refractivity contribution in [1.82, 2.24) is 10.3 Å². The van der Waals surface area contributed by atoms with E-state index in [-0.39, 0.29) is 5.91 Å². The Hall–Kier alpha value is -2.83. The fourth-order valence-corrected chi connectivity index (χ4v) is 4.37. The van der Waals surface area contributed by atoms with Crippen molar-refractivity contribution in [2.24, 2.45) is 0 Å². The van der Waals surface area contributed by atoms with E-state index in [0.29, 0.717) is 18.0 Å². The molecule has 1 amide bonds. The summed E-state index contributed by atoms with van der Waals surface area (Å²) in [6.45, 7) is 2.48. The van der Waals surface area contributed by atoms with Gasteiger partial charge >= 0.3 is 0 Å². The number of benzene rings is 2. The second-order valence-electron chi connectivity index (χ2n) is 6.46. The number of carbonyl (C=O) groups is 1. The van der Waals surface area contributed by atoms with Gasteiger partial charge in [-0.1, -0.05) is 24.3 Å². The zero-order valence-electron chi connectivity index (χ0n) is 15.9. The molecule has 0 unspecified atom stereocenters. The standard InChI is InChI=1S/C23H20N2O2S2/c1-16-21(15-29-19-6-3-2-4-7-19)25-23(27-16)18-11-9-17(10-12-18)22(26)24-14-20-8-5-13-28-20/h2-13H,14-15H2,1H3,(H,24,26). The van der Waals surface area contributed by atoms with Crippen LogP contribution >= 0.6 is 23.1 Å². The van der Waals surface area contributed by atoms with Gasteiger partial charge in [-0.2, -0.15) is 0 Å². The first kappa shape index (κ1) is 19.5. The van der Waals surface area contributed by atoms with Crippen LogP contribution in [0.2, 0.25) is 0 Å². The van der Waals surface area contributed by atoms with Crippen molar-refractivity contribution in [2.75, 3.05) is 0 Å². The Morgan fingerprint density at radius 3 is 2.59 bits per heavy atom. The molecule has 0 aliphatic carbocycles. The number of thioether (sulfide) groups is 1. The van der Waals surface area contributed by atoms with Crippen molar-refractivity contribution in [3.8, 4) is 11.5 Å². The van der Waals surface area contributed by atoms with Crippen molar-refractivity contribution >= 4 is 29.0 Å². The van der Waals surface area contributed by atoms with Crippen molar-refractivity contribution in [3.63, 3.8) is 0 Å². The third-order valence-corrected chi connectivity index (χ3v) is 6.31. The topological polar surface area (TPSA) is 55.1 Å². The van der Waals surface area contributed by atoms with E-state index in [1.54, 1.807) is 35.2 Å². The van der Waals surface area contributed by atoms with E-state index in [4.69, 9.17) is 4.42 Å². The summed E-state index contributed by atoms with van der Waals surface area (Å²) >= 11 is 3.36. The molecule has 4 nitrogen and oxygen atoms in total. The number of oxazole rings is 1. The van der Waals surface area contributed by atoms with Crippen LogP contribution in [0.15, 0.2) is 81.4 Å². The second-order valence-corrected chi connectivity index (χ2v) is 8.54. The highest BCUT2D eigenvalue weighted by atomic mass is 32.2. The highest BCUT2D eigenvalue weighted by Gasteiger charge is 2.13. The number of nitrogens with one attached hydrogen (secondary N) is 1. The Morgan fingerprint density at radius 2 is 1.86 bits per heavy atom. The van der Waals surface area contributed by atoms with Crippen LogP contribution in [0.3, 0.4) is 0 Å². The summed E-state index contributed by atoms with van der Waals surface area (Å²) in [5, 5.41) is 4.94. The van der Waals surface area contributed by atoms with Gasteiger partial charge in [0.2, 0.25) is 5.89 Å². The number of thiophene rings is 1. The van der Waals surface area contributed by atoms with Crippen molar-refractivity contribution in [2.45, 2.75) is 24.1 Å². The summed E-state index contributed by atoms with van der Waals surface area (Å²) < 4.78 is 5.86. The molecule has 0 atom stereocenters. The molecule has 4 rings (SSSR count). The summed E-state index contributed by atoms with van der Waals surface area (Å²) in [5.74, 6) is 2.06. The number of amides is 1. The maximum atomic E-state index is 12.3. The molecule has 6 heteroatoms. The summed E-state index contributed by atoms with van der Waals surface area (Å²) in [7, 11) is 0. The fourth-order valence-electron chi connectivity index (χ4n) is 2.80. The lowest BCUT2D eigenvalue weighted by Gasteiger charge is -2.04. The van der Waals surface area contributed by atoms with Crippen LogP contribution in [-0.4, -0.2) is 10.9 Å². The predicted octanol–water partition coefficient (Wildman–Crippen LogP) is 5.93. The van der Waals surface area contributed by atoms with Crippen LogP contribution in [0.1, 0.15) is 26.7 Å². The minimum absolute atomic E-state index is 0.0894. The van der Waals surface area contributed by atoms with Gasteiger partial charge in [-0.3, -0.25) is 4.79 Å². The Morgan fingerprint density at radius 1 is 1.07 bits per heavy atom. The molecular weight excluding hydrogens is 400 g/mol. The first-order valence-electron chi connectivity index (χ1n) is 9.24. The van der Waals surface area contributed by atoms with Gasteiger partial charge in [0.1, 0.15) is 5.76 Å². The quantitative estimate of drug-likeness (QED) is 0.376. The van der Waals surface area contributed by atoms with Gasteiger partial charge < -0.3 is 9.73 Å². The van der Waals surface area contributed by atoms with E-state index in [0.717, 1.165) is 27.6 Å². The summed E-state index contributed by atoms with van der Waals surface area (Å²) in [4.78, 5) is 19.3. The number of hydrogen-bond acceptors (Lipinski definition) is 5. The Labute approximate surface area is 178 Å². The van der Waals surface area contributed by atoms with Gasteiger partial charge in [-0.25, -0.2) is 4.98 Å². The van der Waals surface area contributed by atoms with Crippen LogP contribution in [0, 0.1) is 6.92 Å². The molecule has 0 saturated carbocycles. The van der Waals surface area contributed by atoms with Crippen molar-refractivity contribution in [1.29, 1.82) is 0 Å². The normalized spacial score (nSPS) is 10.8. The lowest BCUT2D eigenvalue weighted by Crippen LogP contribution is -2.22. The average molecular weight is 421 g/mol. The first-order valence-corrected chi connectivity index (χ1v) is 11.1. The molecule has 0 spiro atoms. The van der Waals surface area contributed by atoms with Gasteiger partial charge in [0.15, 0.2) is 0 Å². The summed E-state index contributed by atoms with van der Waals surface area (Å²) in [6.07, 6.45) is 0. The van der Waals surface area contributed by atoms with Gasteiger partial charge in [-0.15, -0.1) is 23.1 Å². The van der Waals surface area contributed by atoms with Gasteiger partial charge in [0, 0.05) is 26.7 Å².